The van der Waals surface area contributed by atoms with Crippen LogP contribution in [0.15, 0.2) is 18.3 Å². The fraction of sp³-hybridized carbons (Fsp3) is 0.625. The quantitative estimate of drug-likeness (QED) is 0.876. The molecule has 1 fully saturated rings. The van der Waals surface area contributed by atoms with Crippen molar-refractivity contribution in [3.63, 3.8) is 0 Å². The number of pyridine rings is 1. The fourth-order valence-corrected chi connectivity index (χ4v) is 3.17. The third-order valence-corrected chi connectivity index (χ3v) is 4.54. The maximum Gasteiger partial charge on any atom is 0.433 e. The second-order valence-electron chi connectivity index (χ2n) is 6.23. The molecule has 8 heteroatoms. The minimum absolute atomic E-state index is 0.0581. The van der Waals surface area contributed by atoms with Crippen molar-refractivity contribution in [2.24, 2.45) is 5.41 Å². The molecule has 24 heavy (non-hydrogen) atoms. The number of aromatic nitrogens is 1. The molecule has 1 amide bonds. The number of carbonyl (C=O) groups excluding carboxylic acids is 1. The van der Waals surface area contributed by atoms with Gasteiger partial charge in [0.25, 0.3) is 5.91 Å². The zero-order chi connectivity index (χ0) is 18.0. The lowest BCUT2D eigenvalue weighted by atomic mass is 9.74. The van der Waals surface area contributed by atoms with Crippen LogP contribution < -0.4 is 0 Å². The van der Waals surface area contributed by atoms with Crippen LogP contribution in [-0.2, 0) is 6.18 Å². The summed E-state index contributed by atoms with van der Waals surface area (Å²) in [6, 6.07) is 1.88. The van der Waals surface area contributed by atoms with Gasteiger partial charge in [-0.2, -0.15) is 13.2 Å². The first-order chi connectivity index (χ1) is 11.2. The van der Waals surface area contributed by atoms with E-state index in [0.717, 1.165) is 24.8 Å². The van der Waals surface area contributed by atoms with E-state index in [0.29, 0.717) is 12.8 Å². The molecule has 2 heterocycles. The van der Waals surface area contributed by atoms with Crippen molar-refractivity contribution in [1.82, 2.24) is 9.88 Å². The van der Waals surface area contributed by atoms with E-state index < -0.39 is 29.3 Å². The Hall–Kier alpha value is -1.67. The molecule has 0 radical (unpaired) electrons. The van der Waals surface area contributed by atoms with Gasteiger partial charge < -0.3 is 15.1 Å². The first-order valence-corrected chi connectivity index (χ1v) is 7.85. The molecule has 5 nitrogen and oxygen atoms in total. The second-order valence-corrected chi connectivity index (χ2v) is 6.23. The molecule has 2 N–H and O–H groups in total. The van der Waals surface area contributed by atoms with Crippen molar-refractivity contribution < 1.29 is 28.2 Å². The Morgan fingerprint density at radius 2 is 2.17 bits per heavy atom. The molecule has 2 rings (SSSR count). The monoisotopic (exact) mass is 346 g/mol. The van der Waals surface area contributed by atoms with Gasteiger partial charge in [-0.05, 0) is 25.0 Å². The lowest BCUT2D eigenvalue weighted by Crippen LogP contribution is -2.55. The Bertz CT molecular complexity index is 577. The molecule has 2 atom stereocenters. The van der Waals surface area contributed by atoms with E-state index in [2.05, 4.69) is 4.98 Å². The number of likely N-dealkylation sites (tertiary alicyclic amines) is 1. The number of aliphatic hydroxyl groups is 2. The van der Waals surface area contributed by atoms with Gasteiger partial charge in [-0.1, -0.05) is 13.3 Å². The van der Waals surface area contributed by atoms with Crippen LogP contribution >= 0.6 is 0 Å². The molecule has 0 aromatic carbocycles. The number of alkyl halides is 3. The van der Waals surface area contributed by atoms with Gasteiger partial charge in [0, 0.05) is 24.7 Å². The minimum Gasteiger partial charge on any atom is -0.396 e. The smallest absolute Gasteiger partial charge is 0.396 e. The Morgan fingerprint density at radius 3 is 2.67 bits per heavy atom. The number of piperidine rings is 1. The van der Waals surface area contributed by atoms with Gasteiger partial charge in [-0.15, -0.1) is 0 Å². The van der Waals surface area contributed by atoms with Crippen molar-refractivity contribution in [1.29, 1.82) is 0 Å². The Balaban J connectivity index is 2.17. The summed E-state index contributed by atoms with van der Waals surface area (Å²) < 4.78 is 37.6. The summed E-state index contributed by atoms with van der Waals surface area (Å²) in [4.78, 5) is 17.3. The van der Waals surface area contributed by atoms with Gasteiger partial charge in [0.15, 0.2) is 0 Å². The molecule has 0 saturated carbocycles. The molecule has 1 aromatic rings. The molecule has 0 aliphatic carbocycles. The first kappa shape index (κ1) is 18.7. The molecule has 0 bridgehead atoms. The second kappa shape index (κ2) is 7.06. The number of nitrogens with zero attached hydrogens (tertiary/aromatic N) is 2. The highest BCUT2D eigenvalue weighted by Crippen LogP contribution is 2.35. The lowest BCUT2D eigenvalue weighted by molar-refractivity contribution is -0.141. The number of hydrogen-bond donors (Lipinski definition) is 2. The van der Waals surface area contributed by atoms with Gasteiger partial charge in [-0.3, -0.25) is 9.78 Å². The molecule has 1 aliphatic heterocycles. The third kappa shape index (κ3) is 3.70. The molecule has 1 aliphatic rings. The predicted molar refractivity (Wildman–Crippen MR) is 80.2 cm³/mol. The summed E-state index contributed by atoms with van der Waals surface area (Å²) in [7, 11) is 0. The van der Waals surface area contributed by atoms with Crippen molar-refractivity contribution in [3.8, 4) is 0 Å². The molecular formula is C16H21F3N2O3. The highest BCUT2D eigenvalue weighted by molar-refractivity contribution is 5.94. The van der Waals surface area contributed by atoms with Crippen molar-refractivity contribution >= 4 is 5.91 Å². The number of carbonyl (C=O) groups is 1. The van der Waals surface area contributed by atoms with Gasteiger partial charge in [-0.25, -0.2) is 0 Å². The van der Waals surface area contributed by atoms with Crippen molar-refractivity contribution in [2.75, 3.05) is 19.7 Å². The van der Waals surface area contributed by atoms with Crippen LogP contribution in [0.1, 0.15) is 42.2 Å². The number of amides is 1. The van der Waals surface area contributed by atoms with E-state index in [1.807, 2.05) is 6.92 Å². The van der Waals surface area contributed by atoms with E-state index >= 15 is 0 Å². The van der Waals surface area contributed by atoms with Crippen LogP contribution in [0.5, 0.6) is 0 Å². The first-order valence-electron chi connectivity index (χ1n) is 7.85. The van der Waals surface area contributed by atoms with Gasteiger partial charge in [0.1, 0.15) is 5.69 Å². The maximum absolute atomic E-state index is 12.5. The van der Waals surface area contributed by atoms with E-state index in [4.69, 9.17) is 0 Å². The molecule has 1 aromatic heterocycles. The number of hydrogen-bond acceptors (Lipinski definition) is 4. The fourth-order valence-electron chi connectivity index (χ4n) is 3.17. The summed E-state index contributed by atoms with van der Waals surface area (Å²) in [6.07, 6.45) is -2.74. The van der Waals surface area contributed by atoms with Crippen LogP contribution in [0.4, 0.5) is 13.2 Å². The molecule has 134 valence electrons. The molecular weight excluding hydrogens is 325 g/mol. The standard InChI is InChI=1S/C16H21F3N2O3/c1-2-6-15(10-22)9-21(7-5-13(15)23)14(24)11-3-4-12(20-8-11)16(17,18)19/h3-4,8,13,22-23H,2,5-7,9-10H2,1H3/t13-,15+/m1/s1. The highest BCUT2D eigenvalue weighted by Gasteiger charge is 2.43. The molecule has 1 saturated heterocycles. The largest absolute Gasteiger partial charge is 0.433 e. The van der Waals surface area contributed by atoms with E-state index in [9.17, 15) is 28.2 Å². The van der Waals surface area contributed by atoms with Gasteiger partial charge >= 0.3 is 6.18 Å². The van der Waals surface area contributed by atoms with E-state index in [1.54, 1.807) is 0 Å². The third-order valence-electron chi connectivity index (χ3n) is 4.54. The van der Waals surface area contributed by atoms with Crippen LogP contribution in [-0.4, -0.2) is 51.8 Å². The van der Waals surface area contributed by atoms with Crippen molar-refractivity contribution in [3.05, 3.63) is 29.6 Å². The number of halogens is 3. The maximum atomic E-state index is 12.5. The zero-order valence-electron chi connectivity index (χ0n) is 13.4. The van der Waals surface area contributed by atoms with Crippen LogP contribution in [0.2, 0.25) is 0 Å². The normalized spacial score (nSPS) is 24.9. The van der Waals surface area contributed by atoms with Crippen LogP contribution in [0.25, 0.3) is 0 Å². The predicted octanol–water partition coefficient (Wildman–Crippen LogP) is 2.09. The Kier molecular flexibility index (Phi) is 5.49. The zero-order valence-corrected chi connectivity index (χ0v) is 13.4. The molecule has 0 unspecified atom stereocenters. The topological polar surface area (TPSA) is 73.7 Å². The van der Waals surface area contributed by atoms with Crippen LogP contribution in [0, 0.1) is 5.41 Å². The highest BCUT2D eigenvalue weighted by atomic mass is 19.4. The lowest BCUT2D eigenvalue weighted by Gasteiger charge is -2.45. The summed E-state index contributed by atoms with van der Waals surface area (Å²) in [5.74, 6) is -0.447. The van der Waals surface area contributed by atoms with E-state index in [-0.39, 0.29) is 25.3 Å². The minimum atomic E-state index is -4.55. The Morgan fingerprint density at radius 1 is 1.46 bits per heavy atom. The Labute approximate surface area is 138 Å². The summed E-state index contributed by atoms with van der Waals surface area (Å²) in [5.41, 5.74) is -1.78. The van der Waals surface area contributed by atoms with Gasteiger partial charge in [0.2, 0.25) is 0 Å². The number of rotatable bonds is 4. The van der Waals surface area contributed by atoms with E-state index in [1.165, 1.54) is 4.90 Å². The average Bonchev–Trinajstić information content (AvgIpc) is 2.56. The van der Waals surface area contributed by atoms with Crippen molar-refractivity contribution in [2.45, 2.75) is 38.5 Å². The number of aliphatic hydroxyl groups excluding tert-OH is 2. The average molecular weight is 346 g/mol. The van der Waals surface area contributed by atoms with Gasteiger partial charge in [0.05, 0.1) is 18.3 Å². The molecule has 0 spiro atoms. The summed E-state index contributed by atoms with van der Waals surface area (Å²) in [6.45, 7) is 2.12. The van der Waals surface area contributed by atoms with Crippen LogP contribution in [0.3, 0.4) is 0 Å². The summed E-state index contributed by atoms with van der Waals surface area (Å²) >= 11 is 0. The summed E-state index contributed by atoms with van der Waals surface area (Å²) in [5, 5.41) is 19.9. The SMILES string of the molecule is CCC[C@@]1(CO)CN(C(=O)c2ccc(C(F)(F)F)nc2)CC[C@H]1O.